The van der Waals surface area contributed by atoms with Gasteiger partial charge in [-0.3, -0.25) is 14.9 Å². The molecule has 0 radical (unpaired) electrons. The number of H-pyrrole nitrogens is 1. The monoisotopic (exact) mass is 300 g/mol. The average molecular weight is 300 g/mol. The Morgan fingerprint density at radius 3 is 2.41 bits per heavy atom. The fourth-order valence-corrected chi connectivity index (χ4v) is 2.59. The predicted molar refractivity (Wildman–Crippen MR) is 82.0 cm³/mol. The van der Waals surface area contributed by atoms with Crippen molar-refractivity contribution in [1.82, 2.24) is 9.88 Å². The first kappa shape index (κ1) is 14.1. The molecule has 1 fully saturated rings. The van der Waals surface area contributed by atoms with Crippen molar-refractivity contribution in [2.45, 2.75) is 0 Å². The van der Waals surface area contributed by atoms with E-state index in [2.05, 4.69) is 9.88 Å². The molecule has 0 atom stereocenters. The van der Waals surface area contributed by atoms with Crippen LogP contribution in [0, 0.1) is 10.1 Å². The van der Waals surface area contributed by atoms with Crippen molar-refractivity contribution >= 4 is 17.3 Å². The van der Waals surface area contributed by atoms with Crippen molar-refractivity contribution in [3.63, 3.8) is 0 Å². The van der Waals surface area contributed by atoms with Gasteiger partial charge in [0.05, 0.1) is 11.1 Å². The molecule has 22 heavy (non-hydrogen) atoms. The molecule has 1 N–H and O–H groups in total. The number of carbonyl (C=O) groups excluding carboxylic acids is 1. The second-order valence-corrected chi connectivity index (χ2v) is 5.14. The molecule has 3 rings (SSSR count). The normalized spacial score (nSPS) is 14.9. The molecule has 0 saturated carbocycles. The molecule has 2 aromatic rings. The van der Waals surface area contributed by atoms with Crippen LogP contribution < -0.4 is 4.90 Å². The summed E-state index contributed by atoms with van der Waals surface area (Å²) in [6.07, 6.45) is 1.24. The maximum absolute atomic E-state index is 12.3. The van der Waals surface area contributed by atoms with E-state index in [9.17, 15) is 14.9 Å². The molecule has 1 aliphatic heterocycles. The number of piperazine rings is 1. The molecule has 1 amide bonds. The topological polar surface area (TPSA) is 82.5 Å². The van der Waals surface area contributed by atoms with Gasteiger partial charge in [0.15, 0.2) is 0 Å². The highest BCUT2D eigenvalue weighted by atomic mass is 16.6. The fourth-order valence-electron chi connectivity index (χ4n) is 2.59. The lowest BCUT2D eigenvalue weighted by Gasteiger charge is -2.35. The minimum Gasteiger partial charge on any atom is -0.368 e. The van der Waals surface area contributed by atoms with Crippen LogP contribution in [0.5, 0.6) is 0 Å². The van der Waals surface area contributed by atoms with Crippen molar-refractivity contribution in [1.29, 1.82) is 0 Å². The lowest BCUT2D eigenvalue weighted by Crippen LogP contribution is -2.48. The van der Waals surface area contributed by atoms with E-state index in [1.54, 1.807) is 4.90 Å². The third kappa shape index (κ3) is 2.78. The summed E-state index contributed by atoms with van der Waals surface area (Å²) >= 11 is 0. The molecule has 0 bridgehead atoms. The van der Waals surface area contributed by atoms with E-state index in [0.29, 0.717) is 13.1 Å². The van der Waals surface area contributed by atoms with Gasteiger partial charge in [0.1, 0.15) is 5.69 Å². The van der Waals surface area contributed by atoms with E-state index in [0.717, 1.165) is 18.8 Å². The molecule has 1 aromatic carbocycles. The number of nitrogens with zero attached hydrogens (tertiary/aromatic N) is 3. The van der Waals surface area contributed by atoms with E-state index in [-0.39, 0.29) is 17.3 Å². The standard InChI is InChI=1S/C15H16N4O3/c20-15(14-10-13(11-16-14)19(21)22)18-8-6-17(7-9-18)12-4-2-1-3-5-12/h1-5,10-11,16H,6-9H2. The molecule has 114 valence electrons. The molecule has 1 aromatic heterocycles. The number of carbonyl (C=O) groups is 1. The van der Waals surface area contributed by atoms with Gasteiger partial charge in [0.25, 0.3) is 11.6 Å². The maximum Gasteiger partial charge on any atom is 0.287 e. The van der Waals surface area contributed by atoms with E-state index < -0.39 is 4.92 Å². The second-order valence-electron chi connectivity index (χ2n) is 5.14. The molecular formula is C15H16N4O3. The maximum atomic E-state index is 12.3. The minimum absolute atomic E-state index is 0.0914. The molecular weight excluding hydrogens is 284 g/mol. The molecule has 7 heteroatoms. The van der Waals surface area contributed by atoms with Crippen molar-refractivity contribution in [3.05, 3.63) is 58.4 Å². The zero-order valence-electron chi connectivity index (χ0n) is 11.9. The number of anilines is 1. The van der Waals surface area contributed by atoms with Gasteiger partial charge in [-0.15, -0.1) is 0 Å². The first-order valence-electron chi connectivity index (χ1n) is 7.07. The lowest BCUT2D eigenvalue weighted by molar-refractivity contribution is -0.384. The van der Waals surface area contributed by atoms with Gasteiger partial charge in [-0.1, -0.05) is 18.2 Å². The summed E-state index contributed by atoms with van der Waals surface area (Å²) in [5, 5.41) is 10.7. The number of rotatable bonds is 3. The third-order valence-corrected chi connectivity index (χ3v) is 3.80. The first-order chi connectivity index (χ1) is 10.6. The molecule has 1 saturated heterocycles. The number of amides is 1. The highest BCUT2D eigenvalue weighted by molar-refractivity contribution is 5.93. The van der Waals surface area contributed by atoms with Gasteiger partial charge in [-0.25, -0.2) is 0 Å². The fraction of sp³-hybridized carbons (Fsp3) is 0.267. The number of aromatic amines is 1. The smallest absolute Gasteiger partial charge is 0.287 e. The molecule has 1 aliphatic rings. The number of nitrogens with one attached hydrogen (secondary N) is 1. The van der Waals surface area contributed by atoms with Crippen molar-refractivity contribution in [2.75, 3.05) is 31.1 Å². The van der Waals surface area contributed by atoms with E-state index in [1.165, 1.54) is 12.3 Å². The molecule has 7 nitrogen and oxygen atoms in total. The van der Waals surface area contributed by atoms with E-state index in [4.69, 9.17) is 0 Å². The zero-order chi connectivity index (χ0) is 15.5. The minimum atomic E-state index is -0.513. The number of nitro groups is 1. The van der Waals surface area contributed by atoms with Gasteiger partial charge in [0, 0.05) is 37.9 Å². The summed E-state index contributed by atoms with van der Waals surface area (Å²) < 4.78 is 0. The first-order valence-corrected chi connectivity index (χ1v) is 7.07. The van der Waals surface area contributed by atoms with E-state index >= 15 is 0 Å². The summed E-state index contributed by atoms with van der Waals surface area (Å²) in [6.45, 7) is 2.69. The highest BCUT2D eigenvalue weighted by Gasteiger charge is 2.24. The molecule has 0 unspecified atom stereocenters. The van der Waals surface area contributed by atoms with Gasteiger partial charge in [-0.2, -0.15) is 0 Å². The van der Waals surface area contributed by atoms with Gasteiger partial charge >= 0.3 is 0 Å². The number of aromatic nitrogens is 1. The summed E-state index contributed by atoms with van der Waals surface area (Å²) in [5.41, 5.74) is 1.32. The largest absolute Gasteiger partial charge is 0.368 e. The van der Waals surface area contributed by atoms with Crippen molar-refractivity contribution in [2.24, 2.45) is 0 Å². The highest BCUT2D eigenvalue weighted by Crippen LogP contribution is 2.18. The van der Waals surface area contributed by atoms with Crippen LogP contribution in [-0.4, -0.2) is 46.9 Å². The SMILES string of the molecule is O=C(c1cc([N+](=O)[O-])c[nH]1)N1CCN(c2ccccc2)CC1. The number of benzene rings is 1. The number of para-hydroxylation sites is 1. The summed E-state index contributed by atoms with van der Waals surface area (Å²) in [6, 6.07) is 11.3. The van der Waals surface area contributed by atoms with Crippen LogP contribution in [-0.2, 0) is 0 Å². The van der Waals surface area contributed by atoms with Crippen molar-refractivity contribution < 1.29 is 9.72 Å². The molecule has 2 heterocycles. The van der Waals surface area contributed by atoms with Crippen LogP contribution in [0.3, 0.4) is 0 Å². The average Bonchev–Trinajstić information content (AvgIpc) is 3.05. The van der Waals surface area contributed by atoms with E-state index in [1.807, 2.05) is 30.3 Å². The Labute approximate surface area is 127 Å². The van der Waals surface area contributed by atoms with Crippen molar-refractivity contribution in [3.8, 4) is 0 Å². The molecule has 0 spiro atoms. The van der Waals surface area contributed by atoms with Crippen LogP contribution in [0.4, 0.5) is 11.4 Å². The zero-order valence-corrected chi connectivity index (χ0v) is 11.9. The molecule has 0 aliphatic carbocycles. The Hall–Kier alpha value is -2.83. The van der Waals surface area contributed by atoms with Crippen LogP contribution in [0.15, 0.2) is 42.6 Å². The summed E-state index contributed by atoms with van der Waals surface area (Å²) in [4.78, 5) is 29.1. The number of hydrogen-bond acceptors (Lipinski definition) is 4. The van der Waals surface area contributed by atoms with Gasteiger partial charge in [0.2, 0.25) is 0 Å². The lowest BCUT2D eigenvalue weighted by atomic mass is 10.2. The van der Waals surface area contributed by atoms with Gasteiger partial charge < -0.3 is 14.8 Å². The Balaban J connectivity index is 1.63. The summed E-state index contributed by atoms with van der Waals surface area (Å²) in [7, 11) is 0. The summed E-state index contributed by atoms with van der Waals surface area (Å²) in [5.74, 6) is -0.194. The predicted octanol–water partition coefficient (Wildman–Crippen LogP) is 1.89. The second kappa shape index (κ2) is 5.88. The van der Waals surface area contributed by atoms with Crippen LogP contribution in [0.2, 0.25) is 0 Å². The Bertz CT molecular complexity index is 675. The number of hydrogen-bond donors (Lipinski definition) is 1. The van der Waals surface area contributed by atoms with Gasteiger partial charge in [-0.05, 0) is 12.1 Å². The van der Waals surface area contributed by atoms with Crippen LogP contribution in [0.1, 0.15) is 10.5 Å². The Kier molecular flexibility index (Phi) is 3.78. The van der Waals surface area contributed by atoms with Crippen LogP contribution in [0.25, 0.3) is 0 Å². The quantitative estimate of drug-likeness (QED) is 0.693. The third-order valence-electron chi connectivity index (χ3n) is 3.80. The Morgan fingerprint density at radius 2 is 1.82 bits per heavy atom. The van der Waals surface area contributed by atoms with Crippen LogP contribution >= 0.6 is 0 Å². The Morgan fingerprint density at radius 1 is 1.14 bits per heavy atom.